The first-order chi connectivity index (χ1) is 9.67. The minimum Gasteiger partial charge on any atom is -0.373 e. The number of alkyl halides is 3. The van der Waals surface area contributed by atoms with E-state index in [-0.39, 0.29) is 11.6 Å². The van der Waals surface area contributed by atoms with Gasteiger partial charge in [0.15, 0.2) is 0 Å². The lowest BCUT2D eigenvalue weighted by molar-refractivity contribution is -0.137. The van der Waals surface area contributed by atoms with Crippen molar-refractivity contribution >= 4 is 0 Å². The van der Waals surface area contributed by atoms with Gasteiger partial charge in [0.05, 0.1) is 11.7 Å². The second-order valence-electron chi connectivity index (χ2n) is 6.59. The molecule has 0 aromatic heterocycles. The second kappa shape index (κ2) is 5.97. The van der Waals surface area contributed by atoms with Gasteiger partial charge in [-0.1, -0.05) is 12.1 Å². The first-order valence-electron chi connectivity index (χ1n) is 7.20. The number of halogens is 3. The summed E-state index contributed by atoms with van der Waals surface area (Å²) in [6, 6.07) is 5.32. The molecule has 0 saturated carbocycles. The van der Waals surface area contributed by atoms with E-state index in [1.54, 1.807) is 0 Å². The Morgan fingerprint density at radius 1 is 1.14 bits per heavy atom. The van der Waals surface area contributed by atoms with Gasteiger partial charge >= 0.3 is 6.18 Å². The normalized spacial score (nSPS) is 23.5. The molecule has 1 saturated heterocycles. The maximum absolute atomic E-state index is 12.6. The van der Waals surface area contributed by atoms with E-state index < -0.39 is 11.7 Å². The molecule has 0 bridgehead atoms. The van der Waals surface area contributed by atoms with Crippen molar-refractivity contribution in [2.45, 2.75) is 45.0 Å². The van der Waals surface area contributed by atoms with Gasteiger partial charge in [0, 0.05) is 24.6 Å². The van der Waals surface area contributed by atoms with Crippen LogP contribution in [-0.2, 0) is 10.9 Å². The number of ether oxygens (including phenoxy) is 1. The summed E-state index contributed by atoms with van der Waals surface area (Å²) in [5.41, 5.74) is 0.225. The summed E-state index contributed by atoms with van der Waals surface area (Å²) in [6.45, 7) is 7.74. The Bertz CT molecular complexity index is 462. The number of hydrogen-bond acceptors (Lipinski definition) is 2. The minimum atomic E-state index is -4.29. The third-order valence-corrected chi connectivity index (χ3v) is 3.68. The van der Waals surface area contributed by atoms with Crippen LogP contribution in [0.5, 0.6) is 0 Å². The Morgan fingerprint density at radius 3 is 2.29 bits per heavy atom. The Morgan fingerprint density at radius 2 is 1.76 bits per heavy atom. The van der Waals surface area contributed by atoms with Crippen LogP contribution < -0.4 is 5.32 Å². The van der Waals surface area contributed by atoms with Gasteiger partial charge in [-0.15, -0.1) is 0 Å². The fraction of sp³-hybridized carbons (Fsp3) is 0.625. The van der Waals surface area contributed by atoms with Gasteiger partial charge in [-0.25, -0.2) is 0 Å². The van der Waals surface area contributed by atoms with E-state index in [4.69, 9.17) is 4.74 Å². The maximum Gasteiger partial charge on any atom is 0.416 e. The molecule has 1 aromatic carbocycles. The van der Waals surface area contributed by atoms with E-state index >= 15 is 0 Å². The van der Waals surface area contributed by atoms with Gasteiger partial charge in [0.1, 0.15) is 0 Å². The molecule has 21 heavy (non-hydrogen) atoms. The number of rotatable bonds is 3. The molecule has 1 aliphatic heterocycles. The summed E-state index contributed by atoms with van der Waals surface area (Å²) < 4.78 is 43.5. The average Bonchev–Trinajstić information content (AvgIpc) is 2.83. The maximum atomic E-state index is 12.6. The summed E-state index contributed by atoms with van der Waals surface area (Å²) in [5.74, 6) is 0.293. The molecular weight excluding hydrogens is 279 g/mol. The van der Waals surface area contributed by atoms with Crippen LogP contribution in [0.25, 0.3) is 0 Å². The molecule has 0 amide bonds. The van der Waals surface area contributed by atoms with Gasteiger partial charge in [-0.3, -0.25) is 0 Å². The first-order valence-corrected chi connectivity index (χ1v) is 7.20. The van der Waals surface area contributed by atoms with Crippen molar-refractivity contribution in [3.05, 3.63) is 35.4 Å². The SMILES string of the molecule is CC(C)(C)NCC1CCOC1c1ccc(C(F)(F)F)cc1. The van der Waals surface area contributed by atoms with Crippen molar-refractivity contribution in [1.82, 2.24) is 5.32 Å². The lowest BCUT2D eigenvalue weighted by Gasteiger charge is -2.26. The fourth-order valence-corrected chi connectivity index (χ4v) is 2.51. The predicted octanol–water partition coefficient (Wildman–Crippen LogP) is 4.17. The van der Waals surface area contributed by atoms with Crippen molar-refractivity contribution in [2.24, 2.45) is 5.92 Å². The molecule has 1 N–H and O–H groups in total. The zero-order chi connectivity index (χ0) is 15.7. The molecule has 2 unspecified atom stereocenters. The van der Waals surface area contributed by atoms with E-state index in [1.165, 1.54) is 12.1 Å². The van der Waals surface area contributed by atoms with Crippen molar-refractivity contribution in [1.29, 1.82) is 0 Å². The molecule has 2 atom stereocenters. The third kappa shape index (κ3) is 4.45. The number of benzene rings is 1. The molecule has 0 radical (unpaired) electrons. The lowest BCUT2D eigenvalue weighted by Crippen LogP contribution is -2.39. The van der Waals surface area contributed by atoms with Gasteiger partial charge in [0.25, 0.3) is 0 Å². The van der Waals surface area contributed by atoms with E-state index in [2.05, 4.69) is 26.1 Å². The number of nitrogens with one attached hydrogen (secondary N) is 1. The topological polar surface area (TPSA) is 21.3 Å². The summed E-state index contributed by atoms with van der Waals surface area (Å²) in [4.78, 5) is 0. The standard InChI is InChI=1S/C16H22F3NO/c1-15(2,3)20-10-12-8-9-21-14(12)11-4-6-13(7-5-11)16(17,18)19/h4-7,12,14,20H,8-10H2,1-3H3. The molecule has 0 spiro atoms. The largest absolute Gasteiger partial charge is 0.416 e. The fourth-order valence-electron chi connectivity index (χ4n) is 2.51. The van der Waals surface area contributed by atoms with Gasteiger partial charge in [0.2, 0.25) is 0 Å². The van der Waals surface area contributed by atoms with Gasteiger partial charge in [-0.2, -0.15) is 13.2 Å². The van der Waals surface area contributed by atoms with Crippen molar-refractivity contribution in [2.75, 3.05) is 13.2 Å². The Hall–Kier alpha value is -1.07. The molecule has 1 aromatic rings. The molecule has 1 heterocycles. The highest BCUT2D eigenvalue weighted by Gasteiger charge is 2.33. The summed E-state index contributed by atoms with van der Waals surface area (Å²) >= 11 is 0. The highest BCUT2D eigenvalue weighted by molar-refractivity contribution is 5.27. The van der Waals surface area contributed by atoms with E-state index in [9.17, 15) is 13.2 Å². The van der Waals surface area contributed by atoms with Crippen LogP contribution in [0, 0.1) is 5.92 Å². The predicted molar refractivity (Wildman–Crippen MR) is 76.0 cm³/mol. The Kier molecular flexibility index (Phi) is 4.63. The first kappa shape index (κ1) is 16.3. The van der Waals surface area contributed by atoms with Crippen LogP contribution in [-0.4, -0.2) is 18.7 Å². The monoisotopic (exact) mass is 301 g/mol. The molecule has 1 aliphatic rings. The quantitative estimate of drug-likeness (QED) is 0.904. The zero-order valence-corrected chi connectivity index (χ0v) is 12.6. The highest BCUT2D eigenvalue weighted by atomic mass is 19.4. The Balaban J connectivity index is 2.06. The average molecular weight is 301 g/mol. The molecule has 118 valence electrons. The van der Waals surface area contributed by atoms with E-state index in [0.717, 1.165) is 30.7 Å². The summed E-state index contributed by atoms with van der Waals surface area (Å²) in [5, 5.41) is 3.44. The third-order valence-electron chi connectivity index (χ3n) is 3.68. The van der Waals surface area contributed by atoms with Crippen LogP contribution >= 0.6 is 0 Å². The van der Waals surface area contributed by atoms with Crippen LogP contribution in [0.3, 0.4) is 0 Å². The summed E-state index contributed by atoms with van der Waals surface area (Å²) in [6.07, 6.45) is -3.49. The summed E-state index contributed by atoms with van der Waals surface area (Å²) in [7, 11) is 0. The zero-order valence-electron chi connectivity index (χ0n) is 12.6. The minimum absolute atomic E-state index is 0.0211. The van der Waals surface area contributed by atoms with Crippen molar-refractivity contribution in [3.8, 4) is 0 Å². The van der Waals surface area contributed by atoms with E-state index in [1.807, 2.05) is 0 Å². The van der Waals surface area contributed by atoms with Crippen molar-refractivity contribution in [3.63, 3.8) is 0 Å². The van der Waals surface area contributed by atoms with Gasteiger partial charge in [-0.05, 0) is 44.9 Å². The molecule has 1 fully saturated rings. The highest BCUT2D eigenvalue weighted by Crippen LogP contribution is 2.36. The van der Waals surface area contributed by atoms with Crippen LogP contribution in [0.4, 0.5) is 13.2 Å². The molecule has 2 nitrogen and oxygen atoms in total. The van der Waals surface area contributed by atoms with Crippen molar-refractivity contribution < 1.29 is 17.9 Å². The smallest absolute Gasteiger partial charge is 0.373 e. The molecule has 2 rings (SSSR count). The number of hydrogen-bond donors (Lipinski definition) is 1. The second-order valence-corrected chi connectivity index (χ2v) is 6.59. The van der Waals surface area contributed by atoms with Crippen LogP contribution in [0.1, 0.15) is 44.4 Å². The Labute approximate surface area is 123 Å². The molecular formula is C16H22F3NO. The lowest BCUT2D eigenvalue weighted by atomic mass is 9.93. The van der Waals surface area contributed by atoms with Crippen LogP contribution in [0.15, 0.2) is 24.3 Å². The van der Waals surface area contributed by atoms with Gasteiger partial charge < -0.3 is 10.1 Å². The van der Waals surface area contributed by atoms with E-state index in [0.29, 0.717) is 12.5 Å². The molecule has 0 aliphatic carbocycles. The van der Waals surface area contributed by atoms with Crippen LogP contribution in [0.2, 0.25) is 0 Å². The molecule has 5 heteroatoms.